The van der Waals surface area contributed by atoms with Crippen molar-refractivity contribution < 1.29 is 4.79 Å². The van der Waals surface area contributed by atoms with E-state index in [0.717, 1.165) is 5.56 Å². The fourth-order valence-corrected chi connectivity index (χ4v) is 1.85. The molecular weight excluding hydrogens is 246 g/mol. The van der Waals surface area contributed by atoms with E-state index in [9.17, 15) is 4.79 Å². The Morgan fingerprint density at radius 2 is 1.75 bits per heavy atom. The highest BCUT2D eigenvalue weighted by atomic mass is 16.1. The van der Waals surface area contributed by atoms with Crippen LogP contribution in [0.15, 0.2) is 48.5 Å². The van der Waals surface area contributed by atoms with Crippen molar-refractivity contribution in [3.63, 3.8) is 0 Å². The summed E-state index contributed by atoms with van der Waals surface area (Å²) in [4.78, 5) is 12.0. The Hall–Kier alpha value is -2.66. The first kappa shape index (κ1) is 13.8. The molecule has 2 aromatic rings. The SMILES string of the molecule is Cc1ccc(/C=C/C(=O)c2ccc(C#N)cc2)cc1C. The number of hydrogen-bond donors (Lipinski definition) is 0. The Morgan fingerprint density at radius 1 is 1.05 bits per heavy atom. The van der Waals surface area contributed by atoms with Crippen LogP contribution < -0.4 is 0 Å². The number of ketones is 1. The van der Waals surface area contributed by atoms with Crippen LogP contribution in [0.4, 0.5) is 0 Å². The molecule has 2 nitrogen and oxygen atoms in total. The number of hydrogen-bond acceptors (Lipinski definition) is 2. The van der Waals surface area contributed by atoms with Crippen LogP contribution in [0.5, 0.6) is 0 Å². The summed E-state index contributed by atoms with van der Waals surface area (Å²) in [5.41, 5.74) is 4.59. The van der Waals surface area contributed by atoms with Crippen molar-refractivity contribution in [2.45, 2.75) is 13.8 Å². The molecule has 0 radical (unpaired) electrons. The molecule has 0 heterocycles. The van der Waals surface area contributed by atoms with Gasteiger partial charge in [-0.3, -0.25) is 4.79 Å². The van der Waals surface area contributed by atoms with Crippen LogP contribution in [-0.4, -0.2) is 5.78 Å². The van der Waals surface area contributed by atoms with E-state index in [1.807, 2.05) is 24.3 Å². The summed E-state index contributed by atoms with van der Waals surface area (Å²) in [5, 5.41) is 8.72. The van der Waals surface area contributed by atoms with E-state index in [-0.39, 0.29) is 5.78 Å². The Balaban J connectivity index is 2.15. The van der Waals surface area contributed by atoms with Gasteiger partial charge in [-0.1, -0.05) is 24.3 Å². The topological polar surface area (TPSA) is 40.9 Å². The molecule has 0 amide bonds. The van der Waals surface area contributed by atoms with E-state index < -0.39 is 0 Å². The molecule has 98 valence electrons. The highest BCUT2D eigenvalue weighted by Crippen LogP contribution is 2.12. The van der Waals surface area contributed by atoms with Gasteiger partial charge < -0.3 is 0 Å². The quantitative estimate of drug-likeness (QED) is 0.617. The van der Waals surface area contributed by atoms with Crippen LogP contribution >= 0.6 is 0 Å². The number of aryl methyl sites for hydroxylation is 2. The third-order valence-corrected chi connectivity index (χ3v) is 3.26. The van der Waals surface area contributed by atoms with Crippen molar-refractivity contribution >= 4 is 11.9 Å². The highest BCUT2D eigenvalue weighted by molar-refractivity contribution is 6.06. The highest BCUT2D eigenvalue weighted by Gasteiger charge is 2.01. The number of nitriles is 1. The third-order valence-electron chi connectivity index (χ3n) is 3.26. The predicted molar refractivity (Wildman–Crippen MR) is 80.4 cm³/mol. The van der Waals surface area contributed by atoms with Gasteiger partial charge in [-0.15, -0.1) is 0 Å². The summed E-state index contributed by atoms with van der Waals surface area (Å²) in [6.45, 7) is 4.11. The minimum absolute atomic E-state index is 0.0623. The van der Waals surface area contributed by atoms with E-state index in [4.69, 9.17) is 5.26 Å². The first-order valence-corrected chi connectivity index (χ1v) is 6.40. The molecule has 0 bridgehead atoms. The van der Waals surface area contributed by atoms with Gasteiger partial charge in [0.25, 0.3) is 0 Å². The molecule has 2 heteroatoms. The lowest BCUT2D eigenvalue weighted by molar-refractivity contribution is 0.104. The number of carbonyl (C=O) groups is 1. The predicted octanol–water partition coefficient (Wildman–Crippen LogP) is 4.07. The Morgan fingerprint density at radius 3 is 2.35 bits per heavy atom. The molecule has 0 aliphatic carbocycles. The second-order valence-corrected chi connectivity index (χ2v) is 4.73. The van der Waals surface area contributed by atoms with Crippen LogP contribution in [0.1, 0.15) is 32.6 Å². The monoisotopic (exact) mass is 261 g/mol. The third kappa shape index (κ3) is 3.21. The zero-order chi connectivity index (χ0) is 14.5. The lowest BCUT2D eigenvalue weighted by atomic mass is 10.0. The van der Waals surface area contributed by atoms with Crippen LogP contribution in [0.25, 0.3) is 6.08 Å². The largest absolute Gasteiger partial charge is 0.289 e. The van der Waals surface area contributed by atoms with Gasteiger partial charge in [-0.05, 0) is 60.9 Å². The molecule has 2 aromatic carbocycles. The molecule has 0 spiro atoms. The molecule has 0 aliphatic rings. The molecule has 0 fully saturated rings. The van der Waals surface area contributed by atoms with Crippen molar-refractivity contribution in [1.82, 2.24) is 0 Å². The van der Waals surface area contributed by atoms with Gasteiger partial charge >= 0.3 is 0 Å². The summed E-state index contributed by atoms with van der Waals surface area (Å²) >= 11 is 0. The fourth-order valence-electron chi connectivity index (χ4n) is 1.85. The molecule has 0 aliphatic heterocycles. The van der Waals surface area contributed by atoms with E-state index in [0.29, 0.717) is 11.1 Å². The van der Waals surface area contributed by atoms with Crippen molar-refractivity contribution in [2.24, 2.45) is 0 Å². The van der Waals surface area contributed by atoms with E-state index >= 15 is 0 Å². The molecule has 0 saturated heterocycles. The lowest BCUT2D eigenvalue weighted by Crippen LogP contribution is -1.93. The summed E-state index contributed by atoms with van der Waals surface area (Å²) in [7, 11) is 0. The van der Waals surface area contributed by atoms with Crippen molar-refractivity contribution in [3.8, 4) is 6.07 Å². The van der Waals surface area contributed by atoms with Crippen LogP contribution in [-0.2, 0) is 0 Å². The Bertz CT molecular complexity index is 703. The maximum Gasteiger partial charge on any atom is 0.185 e. The summed E-state index contributed by atoms with van der Waals surface area (Å²) in [6, 6.07) is 14.8. The summed E-state index contributed by atoms with van der Waals surface area (Å²) in [5.74, 6) is -0.0623. The fraction of sp³-hybridized carbons (Fsp3) is 0.111. The number of rotatable bonds is 3. The molecule has 0 N–H and O–H groups in total. The molecule has 0 saturated carbocycles. The van der Waals surface area contributed by atoms with Gasteiger partial charge in [0.2, 0.25) is 0 Å². The Kier molecular flexibility index (Phi) is 4.12. The standard InChI is InChI=1S/C18H15NO/c1-13-3-4-15(11-14(13)2)7-10-18(20)17-8-5-16(12-19)6-9-17/h3-11H,1-2H3/b10-7+. The molecule has 2 rings (SSSR count). The van der Waals surface area contributed by atoms with Gasteiger partial charge in [0, 0.05) is 5.56 Å². The lowest BCUT2D eigenvalue weighted by Gasteiger charge is -2.01. The molecule has 0 atom stereocenters. The van der Waals surface area contributed by atoms with Gasteiger partial charge in [-0.25, -0.2) is 0 Å². The second kappa shape index (κ2) is 5.99. The van der Waals surface area contributed by atoms with E-state index in [1.165, 1.54) is 11.1 Å². The van der Waals surface area contributed by atoms with E-state index in [2.05, 4.69) is 19.9 Å². The maximum atomic E-state index is 12.0. The first-order chi connectivity index (χ1) is 9.60. The first-order valence-electron chi connectivity index (χ1n) is 6.40. The Labute approximate surface area is 119 Å². The van der Waals surface area contributed by atoms with Crippen molar-refractivity contribution in [2.75, 3.05) is 0 Å². The normalized spacial score (nSPS) is 10.4. The maximum absolute atomic E-state index is 12.0. The van der Waals surface area contributed by atoms with Crippen molar-refractivity contribution in [3.05, 3.63) is 76.4 Å². The zero-order valence-electron chi connectivity index (χ0n) is 11.6. The zero-order valence-corrected chi connectivity index (χ0v) is 11.6. The van der Waals surface area contributed by atoms with Gasteiger partial charge in [0.05, 0.1) is 11.6 Å². The average molecular weight is 261 g/mol. The number of carbonyl (C=O) groups excluding carboxylic acids is 1. The molecule has 0 aromatic heterocycles. The van der Waals surface area contributed by atoms with Gasteiger partial charge in [-0.2, -0.15) is 5.26 Å². The van der Waals surface area contributed by atoms with Crippen LogP contribution in [0, 0.1) is 25.2 Å². The van der Waals surface area contributed by atoms with Gasteiger partial charge in [0.1, 0.15) is 0 Å². The molecule has 20 heavy (non-hydrogen) atoms. The number of nitrogens with zero attached hydrogens (tertiary/aromatic N) is 1. The number of allylic oxidation sites excluding steroid dienone is 1. The minimum atomic E-state index is -0.0623. The minimum Gasteiger partial charge on any atom is -0.289 e. The molecular formula is C18H15NO. The van der Waals surface area contributed by atoms with Crippen LogP contribution in [0.2, 0.25) is 0 Å². The average Bonchev–Trinajstić information content (AvgIpc) is 2.48. The summed E-state index contributed by atoms with van der Waals surface area (Å²) < 4.78 is 0. The van der Waals surface area contributed by atoms with Gasteiger partial charge in [0.15, 0.2) is 5.78 Å². The van der Waals surface area contributed by atoms with Crippen molar-refractivity contribution in [1.29, 1.82) is 5.26 Å². The smallest absolute Gasteiger partial charge is 0.185 e. The second-order valence-electron chi connectivity index (χ2n) is 4.73. The molecule has 0 unspecified atom stereocenters. The van der Waals surface area contributed by atoms with Crippen LogP contribution in [0.3, 0.4) is 0 Å². The summed E-state index contributed by atoms with van der Waals surface area (Å²) in [6.07, 6.45) is 3.37. The van der Waals surface area contributed by atoms with E-state index in [1.54, 1.807) is 30.3 Å². The number of benzene rings is 2.